The molecule has 9 aromatic carbocycles. The molecule has 0 heterocycles. The Morgan fingerprint density at radius 1 is 0.239 bits per heavy atom. The molecule has 71 heavy (non-hydrogen) atoms. The molecule has 0 bridgehead atoms. The number of hydrogen-bond donors (Lipinski definition) is 0. The number of carbonyl (C=O) groups excluding carboxylic acids is 3. The molecule has 0 aliphatic heterocycles. The topological polar surface area (TPSA) is 97.4 Å². The first kappa shape index (κ1) is 49.9. The Morgan fingerprint density at radius 2 is 0.408 bits per heavy atom. The number of benzene rings is 9. The Kier molecular flexibility index (Phi) is 17.1. The van der Waals surface area contributed by atoms with Crippen LogP contribution in [0.5, 0.6) is 40.2 Å². The maximum absolute atomic E-state index is 12.6. The molecule has 0 unspecified atom stereocenters. The molecule has 0 aromatic heterocycles. The van der Waals surface area contributed by atoms with E-state index in [1.165, 1.54) is 16.7 Å². The molecule has 0 atom stereocenters. The predicted octanol–water partition coefficient (Wildman–Crippen LogP) is 15.0. The van der Waals surface area contributed by atoms with Crippen molar-refractivity contribution in [2.45, 2.75) is 20.8 Å². The van der Waals surface area contributed by atoms with Crippen LogP contribution in [0.2, 0.25) is 0 Å². The summed E-state index contributed by atoms with van der Waals surface area (Å²) in [5.41, 5.74) is 9.76. The van der Waals surface area contributed by atoms with Gasteiger partial charge in [-0.15, -0.1) is 0 Å². The van der Waals surface area contributed by atoms with Crippen molar-refractivity contribution in [3.8, 4) is 51.4 Å². The predicted molar refractivity (Wildman–Crippen MR) is 281 cm³/mol. The Morgan fingerprint density at radius 3 is 0.662 bits per heavy atom. The lowest BCUT2D eigenvalue weighted by Crippen LogP contribution is -2.01. The van der Waals surface area contributed by atoms with Crippen molar-refractivity contribution in [3.05, 3.63) is 268 Å². The molecule has 0 radical (unpaired) electrons. The number of aryl methyl sites for hydroxylation is 3. The summed E-state index contributed by atoms with van der Waals surface area (Å²) >= 11 is 0. The van der Waals surface area contributed by atoms with E-state index < -0.39 is 0 Å². The number of carbonyl (C=O) groups is 3. The molecule has 0 spiro atoms. The van der Waals surface area contributed by atoms with Gasteiger partial charge in [0.2, 0.25) is 0 Å². The molecule has 9 aromatic rings. The lowest BCUT2D eigenvalue weighted by molar-refractivity contribution is 0.103. The van der Waals surface area contributed by atoms with Gasteiger partial charge in [0.15, 0.2) is 17.3 Å². The minimum absolute atomic E-state index is 0.0282. The first-order valence-corrected chi connectivity index (χ1v) is 22.9. The standard InChI is InChI=1S/C27H22O3.C21H18O3.C15H14O2/c1-19-3-5-20(6-4-19)21-7-15-25(16-8-21)30-26-17-11-23(12-18-26)27(28)22-9-13-24(29-2)14-10-22;1-15-3-9-19(10-4-15)24-20-13-7-17(8-14-20)21(22)16-5-11-18(23-2)12-6-16;1-11-3-5-12(6-4-11)15(16)13-7-9-14(17-2)10-8-13/h3-18H,1-2H3;3-14H,1-2H3;3-10H,1-2H3. The summed E-state index contributed by atoms with van der Waals surface area (Å²) in [5.74, 6) is 5.09. The largest absolute Gasteiger partial charge is 0.497 e. The Balaban J connectivity index is 0.000000163. The van der Waals surface area contributed by atoms with Crippen LogP contribution in [0.3, 0.4) is 0 Å². The Bertz CT molecular complexity index is 3120. The quantitative estimate of drug-likeness (QED) is 0.0995. The zero-order chi connectivity index (χ0) is 50.1. The molecular formula is C63H54O8. The average Bonchev–Trinajstić information content (AvgIpc) is 3.42. The molecule has 0 saturated carbocycles. The van der Waals surface area contributed by atoms with Crippen LogP contribution in [0.4, 0.5) is 0 Å². The summed E-state index contributed by atoms with van der Waals surface area (Å²) < 4.78 is 27.0. The van der Waals surface area contributed by atoms with Gasteiger partial charge in [0.25, 0.3) is 0 Å². The van der Waals surface area contributed by atoms with Crippen LogP contribution in [0.1, 0.15) is 64.5 Å². The van der Waals surface area contributed by atoms with Gasteiger partial charge in [-0.2, -0.15) is 0 Å². The van der Waals surface area contributed by atoms with Crippen molar-refractivity contribution in [2.24, 2.45) is 0 Å². The van der Waals surface area contributed by atoms with Crippen LogP contribution in [-0.2, 0) is 0 Å². The Hall–Kier alpha value is -9.01. The summed E-state index contributed by atoms with van der Waals surface area (Å²) in [7, 11) is 4.81. The van der Waals surface area contributed by atoms with E-state index in [1.54, 1.807) is 131 Å². The summed E-state index contributed by atoms with van der Waals surface area (Å²) in [6.45, 7) is 6.11. The van der Waals surface area contributed by atoms with Crippen LogP contribution in [0, 0.1) is 20.8 Å². The molecule has 0 amide bonds. The third kappa shape index (κ3) is 14.0. The fourth-order valence-electron chi connectivity index (χ4n) is 7.12. The van der Waals surface area contributed by atoms with Crippen molar-refractivity contribution in [2.75, 3.05) is 21.3 Å². The first-order chi connectivity index (χ1) is 34.5. The summed E-state index contributed by atoms with van der Waals surface area (Å²) in [6, 6.07) is 67.5. The van der Waals surface area contributed by atoms with E-state index in [0.29, 0.717) is 44.9 Å². The lowest BCUT2D eigenvalue weighted by atomic mass is 10.0. The van der Waals surface area contributed by atoms with E-state index >= 15 is 0 Å². The molecular weight excluding hydrogens is 885 g/mol. The fourth-order valence-corrected chi connectivity index (χ4v) is 7.12. The van der Waals surface area contributed by atoms with E-state index in [1.807, 2.05) is 98.8 Å². The average molecular weight is 939 g/mol. The highest BCUT2D eigenvalue weighted by atomic mass is 16.5. The van der Waals surface area contributed by atoms with Gasteiger partial charge in [-0.25, -0.2) is 0 Å². The maximum atomic E-state index is 12.6. The van der Waals surface area contributed by atoms with Gasteiger partial charge in [0.05, 0.1) is 21.3 Å². The zero-order valence-corrected chi connectivity index (χ0v) is 40.6. The number of rotatable bonds is 14. The Labute approximate surface area is 415 Å². The van der Waals surface area contributed by atoms with E-state index in [2.05, 4.69) is 31.2 Å². The van der Waals surface area contributed by atoms with E-state index in [-0.39, 0.29) is 17.3 Å². The van der Waals surface area contributed by atoms with Gasteiger partial charge >= 0.3 is 0 Å². The number of hydrogen-bond acceptors (Lipinski definition) is 8. The van der Waals surface area contributed by atoms with Gasteiger partial charge in [-0.3, -0.25) is 14.4 Å². The van der Waals surface area contributed by atoms with Gasteiger partial charge in [-0.1, -0.05) is 89.5 Å². The number of ketones is 3. The van der Waals surface area contributed by atoms with Crippen LogP contribution < -0.4 is 23.7 Å². The molecule has 9 rings (SSSR count). The molecule has 0 N–H and O–H groups in total. The van der Waals surface area contributed by atoms with Gasteiger partial charge in [0.1, 0.15) is 40.2 Å². The van der Waals surface area contributed by atoms with Crippen LogP contribution in [0.25, 0.3) is 11.1 Å². The second kappa shape index (κ2) is 24.3. The second-order valence-corrected chi connectivity index (χ2v) is 16.5. The highest BCUT2D eigenvalue weighted by molar-refractivity contribution is 6.10. The first-order valence-electron chi connectivity index (χ1n) is 22.9. The third-order valence-electron chi connectivity index (χ3n) is 11.3. The van der Waals surface area contributed by atoms with Gasteiger partial charge < -0.3 is 23.7 Å². The fraction of sp³-hybridized carbons (Fsp3) is 0.0952. The van der Waals surface area contributed by atoms with Gasteiger partial charge in [-0.05, 0) is 177 Å². The molecule has 354 valence electrons. The van der Waals surface area contributed by atoms with Crippen LogP contribution in [0.15, 0.2) is 218 Å². The van der Waals surface area contributed by atoms with Gasteiger partial charge in [0, 0.05) is 33.4 Å². The van der Waals surface area contributed by atoms with Crippen molar-refractivity contribution in [1.29, 1.82) is 0 Å². The zero-order valence-electron chi connectivity index (χ0n) is 40.6. The molecule has 0 aliphatic rings. The third-order valence-corrected chi connectivity index (χ3v) is 11.3. The monoisotopic (exact) mass is 938 g/mol. The maximum Gasteiger partial charge on any atom is 0.193 e. The summed E-state index contributed by atoms with van der Waals surface area (Å²) in [6.07, 6.45) is 0. The molecule has 0 saturated heterocycles. The summed E-state index contributed by atoms with van der Waals surface area (Å²) in [5, 5.41) is 0. The SMILES string of the molecule is COc1ccc(C(=O)c2ccc(C)cc2)cc1.COc1ccc(C(=O)c2ccc(Oc3ccc(-c4ccc(C)cc4)cc3)cc2)cc1.COc1ccc(C(=O)c2ccc(Oc3ccc(C)cc3)cc2)cc1. The number of ether oxygens (including phenoxy) is 5. The van der Waals surface area contributed by atoms with Crippen LogP contribution in [-0.4, -0.2) is 38.7 Å². The molecule has 0 fully saturated rings. The summed E-state index contributed by atoms with van der Waals surface area (Å²) in [4.78, 5) is 37.2. The molecule has 8 heteroatoms. The second-order valence-electron chi connectivity index (χ2n) is 16.5. The van der Waals surface area contributed by atoms with Crippen molar-refractivity contribution >= 4 is 17.3 Å². The number of methoxy groups -OCH3 is 3. The van der Waals surface area contributed by atoms with E-state index in [4.69, 9.17) is 23.7 Å². The van der Waals surface area contributed by atoms with Crippen molar-refractivity contribution in [1.82, 2.24) is 0 Å². The molecule has 8 nitrogen and oxygen atoms in total. The van der Waals surface area contributed by atoms with Crippen molar-refractivity contribution < 1.29 is 38.1 Å². The smallest absolute Gasteiger partial charge is 0.193 e. The highest BCUT2D eigenvalue weighted by Gasteiger charge is 2.12. The normalized spacial score (nSPS) is 10.3. The highest BCUT2D eigenvalue weighted by Crippen LogP contribution is 2.28. The minimum atomic E-state index is -0.0355. The van der Waals surface area contributed by atoms with Crippen LogP contribution >= 0.6 is 0 Å². The molecule has 0 aliphatic carbocycles. The minimum Gasteiger partial charge on any atom is -0.497 e. The lowest BCUT2D eigenvalue weighted by Gasteiger charge is -2.08. The van der Waals surface area contributed by atoms with E-state index in [0.717, 1.165) is 39.9 Å². The van der Waals surface area contributed by atoms with E-state index in [9.17, 15) is 14.4 Å². The van der Waals surface area contributed by atoms with Crippen molar-refractivity contribution in [3.63, 3.8) is 0 Å².